The topological polar surface area (TPSA) is 71.2 Å². The molecule has 0 bridgehead atoms. The number of amides is 1. The second kappa shape index (κ2) is 6.21. The number of aromatic nitrogens is 1. The molecule has 1 saturated heterocycles. The first-order valence-corrected chi connectivity index (χ1v) is 6.89. The fourth-order valence-electron chi connectivity index (χ4n) is 2.28. The van der Waals surface area contributed by atoms with Crippen LogP contribution in [0.4, 0.5) is 5.82 Å². The highest BCUT2D eigenvalue weighted by Gasteiger charge is 2.21. The number of anilines is 1. The Morgan fingerprint density at radius 1 is 1.68 bits per heavy atom. The molecule has 1 fully saturated rings. The van der Waals surface area contributed by atoms with Gasteiger partial charge in [0.1, 0.15) is 5.82 Å². The molecule has 19 heavy (non-hydrogen) atoms. The van der Waals surface area contributed by atoms with Crippen molar-refractivity contribution in [3.05, 3.63) is 22.8 Å². The maximum atomic E-state index is 12.0. The summed E-state index contributed by atoms with van der Waals surface area (Å²) in [6.45, 7) is 6.09. The van der Waals surface area contributed by atoms with Crippen LogP contribution in [0.1, 0.15) is 23.7 Å². The molecule has 5 nitrogen and oxygen atoms in total. The number of hydrogen-bond acceptors (Lipinski definition) is 4. The predicted octanol–water partition coefficient (Wildman–Crippen LogP) is 1.39. The zero-order chi connectivity index (χ0) is 13.8. The summed E-state index contributed by atoms with van der Waals surface area (Å²) in [4.78, 5) is 18.2. The van der Waals surface area contributed by atoms with Crippen molar-refractivity contribution in [3.8, 4) is 0 Å². The van der Waals surface area contributed by atoms with Crippen LogP contribution in [0.2, 0.25) is 5.02 Å². The number of pyridine rings is 1. The maximum Gasteiger partial charge on any atom is 0.252 e. The third-order valence-corrected chi connectivity index (χ3v) is 3.80. The molecule has 1 atom stereocenters. The maximum absolute atomic E-state index is 12.0. The highest BCUT2D eigenvalue weighted by atomic mass is 35.5. The molecule has 6 heteroatoms. The van der Waals surface area contributed by atoms with E-state index in [-0.39, 0.29) is 11.7 Å². The molecular weight excluding hydrogens is 264 g/mol. The van der Waals surface area contributed by atoms with E-state index in [1.807, 2.05) is 0 Å². The highest BCUT2D eigenvalue weighted by molar-refractivity contribution is 6.33. The van der Waals surface area contributed by atoms with Crippen LogP contribution in [0.25, 0.3) is 0 Å². The van der Waals surface area contributed by atoms with Gasteiger partial charge in [0.05, 0.1) is 10.6 Å². The number of rotatable bonds is 4. The standard InChI is InChI=1S/C13H19ClN4O/c1-2-18-4-3-9(8-18)6-17-13(19)10-5-11(14)12(15)16-7-10/h5,7,9H,2-4,6,8H2,1H3,(H2,15,16)(H,17,19). The first-order valence-electron chi connectivity index (χ1n) is 6.51. The fraction of sp³-hybridized carbons (Fsp3) is 0.538. The van der Waals surface area contributed by atoms with Crippen molar-refractivity contribution in [1.82, 2.24) is 15.2 Å². The molecule has 2 rings (SSSR count). The van der Waals surface area contributed by atoms with Crippen LogP contribution in [0, 0.1) is 5.92 Å². The third-order valence-electron chi connectivity index (χ3n) is 3.50. The van der Waals surface area contributed by atoms with Crippen LogP contribution >= 0.6 is 11.6 Å². The van der Waals surface area contributed by atoms with Crippen LogP contribution in [0.5, 0.6) is 0 Å². The fourth-order valence-corrected chi connectivity index (χ4v) is 2.44. The van der Waals surface area contributed by atoms with Gasteiger partial charge in [-0.15, -0.1) is 0 Å². The number of nitrogens with one attached hydrogen (secondary N) is 1. The first-order chi connectivity index (χ1) is 9.10. The van der Waals surface area contributed by atoms with Gasteiger partial charge < -0.3 is 16.0 Å². The second-order valence-electron chi connectivity index (χ2n) is 4.85. The summed E-state index contributed by atoms with van der Waals surface area (Å²) in [6, 6.07) is 1.55. The van der Waals surface area contributed by atoms with Crippen LogP contribution in [-0.4, -0.2) is 42.0 Å². The molecule has 1 aliphatic heterocycles. The molecule has 0 radical (unpaired) electrons. The van der Waals surface area contributed by atoms with Crippen molar-refractivity contribution in [2.45, 2.75) is 13.3 Å². The lowest BCUT2D eigenvalue weighted by molar-refractivity contribution is 0.0947. The van der Waals surface area contributed by atoms with E-state index >= 15 is 0 Å². The predicted molar refractivity (Wildman–Crippen MR) is 76.2 cm³/mol. The Labute approximate surface area is 118 Å². The minimum Gasteiger partial charge on any atom is -0.382 e. The first kappa shape index (κ1) is 14.1. The van der Waals surface area contributed by atoms with Crippen molar-refractivity contribution in [3.63, 3.8) is 0 Å². The Morgan fingerprint density at radius 2 is 2.47 bits per heavy atom. The van der Waals surface area contributed by atoms with E-state index in [0.717, 1.165) is 26.1 Å². The van der Waals surface area contributed by atoms with Gasteiger partial charge in [0.25, 0.3) is 5.91 Å². The Bertz CT molecular complexity index is 466. The molecule has 0 spiro atoms. The van der Waals surface area contributed by atoms with E-state index < -0.39 is 0 Å². The molecule has 1 aromatic rings. The molecule has 2 heterocycles. The van der Waals surface area contributed by atoms with Gasteiger partial charge >= 0.3 is 0 Å². The SMILES string of the molecule is CCN1CCC(CNC(=O)c2cnc(N)c(Cl)c2)C1. The Hall–Kier alpha value is -1.33. The average molecular weight is 283 g/mol. The summed E-state index contributed by atoms with van der Waals surface area (Å²) in [5.41, 5.74) is 5.96. The number of carbonyl (C=O) groups is 1. The van der Waals surface area contributed by atoms with Gasteiger partial charge in [-0.1, -0.05) is 18.5 Å². The Kier molecular flexibility index (Phi) is 4.61. The van der Waals surface area contributed by atoms with E-state index in [0.29, 0.717) is 23.0 Å². The highest BCUT2D eigenvalue weighted by Crippen LogP contribution is 2.17. The van der Waals surface area contributed by atoms with Gasteiger partial charge in [-0.25, -0.2) is 4.98 Å². The van der Waals surface area contributed by atoms with Gasteiger partial charge in [-0.3, -0.25) is 4.79 Å². The third kappa shape index (κ3) is 3.58. The van der Waals surface area contributed by atoms with Crippen molar-refractivity contribution in [1.29, 1.82) is 0 Å². The summed E-state index contributed by atoms with van der Waals surface area (Å²) in [5.74, 6) is 0.623. The number of nitrogen functional groups attached to an aromatic ring is 1. The number of nitrogens with two attached hydrogens (primary N) is 1. The number of carbonyl (C=O) groups excluding carboxylic acids is 1. The number of likely N-dealkylation sites (tertiary alicyclic amines) is 1. The Morgan fingerprint density at radius 3 is 3.11 bits per heavy atom. The molecule has 0 aromatic carbocycles. The zero-order valence-corrected chi connectivity index (χ0v) is 11.8. The Balaban J connectivity index is 1.86. The number of hydrogen-bond donors (Lipinski definition) is 2. The smallest absolute Gasteiger partial charge is 0.252 e. The van der Waals surface area contributed by atoms with Gasteiger partial charge in [0, 0.05) is 19.3 Å². The summed E-state index contributed by atoms with van der Waals surface area (Å²) in [6.07, 6.45) is 2.58. The van der Waals surface area contributed by atoms with Gasteiger partial charge in [-0.05, 0) is 31.5 Å². The van der Waals surface area contributed by atoms with Crippen molar-refractivity contribution in [2.24, 2.45) is 5.92 Å². The van der Waals surface area contributed by atoms with Crippen LogP contribution in [0.15, 0.2) is 12.3 Å². The summed E-state index contributed by atoms with van der Waals surface area (Å²) >= 11 is 5.85. The monoisotopic (exact) mass is 282 g/mol. The lowest BCUT2D eigenvalue weighted by atomic mass is 10.1. The normalized spacial score (nSPS) is 19.6. The van der Waals surface area contributed by atoms with E-state index in [4.69, 9.17) is 17.3 Å². The van der Waals surface area contributed by atoms with Gasteiger partial charge in [-0.2, -0.15) is 0 Å². The van der Waals surface area contributed by atoms with E-state index in [1.165, 1.54) is 6.20 Å². The average Bonchev–Trinajstić information content (AvgIpc) is 2.87. The molecule has 0 aliphatic carbocycles. The second-order valence-corrected chi connectivity index (χ2v) is 5.26. The van der Waals surface area contributed by atoms with Crippen LogP contribution in [0.3, 0.4) is 0 Å². The summed E-state index contributed by atoms with van der Waals surface area (Å²) in [5, 5.41) is 3.24. The summed E-state index contributed by atoms with van der Waals surface area (Å²) < 4.78 is 0. The zero-order valence-electron chi connectivity index (χ0n) is 11.0. The minimum atomic E-state index is -0.149. The summed E-state index contributed by atoms with van der Waals surface area (Å²) in [7, 11) is 0. The lowest BCUT2D eigenvalue weighted by Gasteiger charge is -2.13. The van der Waals surface area contributed by atoms with Crippen molar-refractivity contribution in [2.75, 3.05) is 31.9 Å². The number of nitrogens with zero attached hydrogens (tertiary/aromatic N) is 2. The molecule has 1 amide bonds. The number of halogens is 1. The van der Waals surface area contributed by atoms with Gasteiger partial charge in [0.15, 0.2) is 0 Å². The molecular formula is C13H19ClN4O. The molecule has 1 aromatic heterocycles. The van der Waals surface area contributed by atoms with Crippen LogP contribution < -0.4 is 11.1 Å². The lowest BCUT2D eigenvalue weighted by Crippen LogP contribution is -2.31. The van der Waals surface area contributed by atoms with E-state index in [1.54, 1.807) is 6.07 Å². The van der Waals surface area contributed by atoms with Crippen LogP contribution in [-0.2, 0) is 0 Å². The molecule has 0 saturated carbocycles. The van der Waals surface area contributed by atoms with Gasteiger partial charge in [0.2, 0.25) is 0 Å². The van der Waals surface area contributed by atoms with Crippen molar-refractivity contribution < 1.29 is 4.79 Å². The molecule has 104 valence electrons. The quantitative estimate of drug-likeness (QED) is 0.875. The molecule has 3 N–H and O–H groups in total. The largest absolute Gasteiger partial charge is 0.382 e. The van der Waals surface area contributed by atoms with E-state index in [2.05, 4.69) is 22.1 Å². The minimum absolute atomic E-state index is 0.149. The molecule has 1 aliphatic rings. The molecule has 1 unspecified atom stereocenters. The van der Waals surface area contributed by atoms with Crippen molar-refractivity contribution >= 4 is 23.3 Å². The van der Waals surface area contributed by atoms with E-state index in [9.17, 15) is 4.79 Å².